The monoisotopic (exact) mass is 631 g/mol. The second-order valence-electron chi connectivity index (χ2n) is 12.2. The van der Waals surface area contributed by atoms with Gasteiger partial charge in [0.15, 0.2) is 11.6 Å². The SMILES string of the molecule is COc1ccc(OC)c(C=Cc2ccc(N3C(=O)C4CC=C5C(c6ccc(CO)o6)C6=C(CC5C4C3=O)C(=O)C(C)=CC6=O)cc2)c1. The zero-order valence-electron chi connectivity index (χ0n) is 26.2. The smallest absolute Gasteiger partial charge is 0.238 e. The van der Waals surface area contributed by atoms with E-state index in [1.165, 1.54) is 11.0 Å². The van der Waals surface area contributed by atoms with Crippen LogP contribution in [-0.4, -0.2) is 42.7 Å². The van der Waals surface area contributed by atoms with Crippen molar-refractivity contribution in [2.45, 2.75) is 32.3 Å². The number of methoxy groups -OCH3 is 2. The van der Waals surface area contributed by atoms with E-state index in [1.807, 2.05) is 48.6 Å². The van der Waals surface area contributed by atoms with E-state index in [0.29, 0.717) is 51.8 Å². The zero-order chi connectivity index (χ0) is 33.0. The molecule has 2 aromatic carbocycles. The number of furan rings is 1. The summed E-state index contributed by atoms with van der Waals surface area (Å²) in [5.74, 6) is -1.37. The predicted octanol–water partition coefficient (Wildman–Crippen LogP) is 5.59. The Morgan fingerprint density at radius 1 is 0.936 bits per heavy atom. The number of aliphatic hydroxyl groups is 1. The second-order valence-corrected chi connectivity index (χ2v) is 12.2. The third-order valence-electron chi connectivity index (χ3n) is 9.73. The fraction of sp³-hybridized carbons (Fsp3) is 0.263. The molecule has 1 saturated heterocycles. The summed E-state index contributed by atoms with van der Waals surface area (Å²) >= 11 is 0. The number of ether oxygens (including phenoxy) is 2. The van der Waals surface area contributed by atoms with Crippen LogP contribution in [-0.2, 0) is 25.8 Å². The van der Waals surface area contributed by atoms with Gasteiger partial charge < -0.3 is 19.0 Å². The minimum atomic E-state index is -0.694. The molecule has 47 heavy (non-hydrogen) atoms. The lowest BCUT2D eigenvalue weighted by Crippen LogP contribution is -2.39. The molecule has 2 heterocycles. The lowest BCUT2D eigenvalue weighted by molar-refractivity contribution is -0.123. The molecule has 3 aromatic rings. The largest absolute Gasteiger partial charge is 0.497 e. The molecule has 9 heteroatoms. The fourth-order valence-corrected chi connectivity index (χ4v) is 7.49. The first-order valence-corrected chi connectivity index (χ1v) is 15.5. The average Bonchev–Trinajstić information content (AvgIpc) is 3.67. The van der Waals surface area contributed by atoms with E-state index < -0.39 is 23.7 Å². The van der Waals surface area contributed by atoms with Crippen LogP contribution in [0.2, 0.25) is 0 Å². The van der Waals surface area contributed by atoms with Gasteiger partial charge in [0.1, 0.15) is 29.6 Å². The molecule has 1 aromatic heterocycles. The Morgan fingerprint density at radius 3 is 2.43 bits per heavy atom. The molecule has 238 valence electrons. The van der Waals surface area contributed by atoms with Gasteiger partial charge in [-0.05, 0) is 79.8 Å². The number of carbonyl (C=O) groups excluding carboxylic acids is 4. The number of rotatable bonds is 7. The molecule has 2 amide bonds. The van der Waals surface area contributed by atoms with E-state index >= 15 is 0 Å². The van der Waals surface area contributed by atoms with Crippen molar-refractivity contribution in [1.82, 2.24) is 0 Å². The van der Waals surface area contributed by atoms with Gasteiger partial charge in [0.2, 0.25) is 11.8 Å². The summed E-state index contributed by atoms with van der Waals surface area (Å²) in [6.07, 6.45) is 7.63. The standard InChI is InChI=1S/C38H33NO8/c1-20-16-30(41)34-29(36(20)42)18-28-26(35(34)32-15-11-25(19-40)47-32)12-13-27-33(28)38(44)39(37(27)43)23-8-5-21(6-9-23)4-7-22-17-24(45-2)10-14-31(22)46-3/h4-12,14-17,27-28,33,35,40H,13,18-19H2,1-3H3. The first-order valence-electron chi connectivity index (χ1n) is 15.5. The van der Waals surface area contributed by atoms with Gasteiger partial charge in [-0.2, -0.15) is 0 Å². The van der Waals surface area contributed by atoms with E-state index in [-0.39, 0.29) is 36.4 Å². The van der Waals surface area contributed by atoms with Crippen LogP contribution in [0.3, 0.4) is 0 Å². The molecule has 1 fully saturated rings. The number of hydrogen-bond donors (Lipinski definition) is 1. The molecule has 4 atom stereocenters. The van der Waals surface area contributed by atoms with Crippen LogP contribution in [0.1, 0.15) is 48.3 Å². The highest BCUT2D eigenvalue weighted by atomic mass is 16.5. The zero-order valence-corrected chi connectivity index (χ0v) is 26.2. The van der Waals surface area contributed by atoms with E-state index in [2.05, 4.69) is 0 Å². The normalized spacial score (nSPS) is 23.9. The van der Waals surface area contributed by atoms with Gasteiger partial charge in [-0.3, -0.25) is 24.1 Å². The van der Waals surface area contributed by atoms with Crippen molar-refractivity contribution in [3.8, 4) is 11.5 Å². The number of ketones is 2. The Bertz CT molecular complexity index is 1960. The Morgan fingerprint density at radius 2 is 1.72 bits per heavy atom. The summed E-state index contributed by atoms with van der Waals surface area (Å²) in [6.45, 7) is 1.30. The van der Waals surface area contributed by atoms with Crippen molar-refractivity contribution in [2.75, 3.05) is 19.1 Å². The quantitative estimate of drug-likeness (QED) is 0.155. The number of aliphatic hydroxyl groups excluding tert-OH is 1. The third kappa shape index (κ3) is 4.98. The molecule has 7 rings (SSSR count). The molecule has 4 aliphatic rings. The van der Waals surface area contributed by atoms with Crippen LogP contribution in [0, 0.1) is 17.8 Å². The summed E-state index contributed by atoms with van der Waals surface area (Å²) < 4.78 is 16.7. The predicted molar refractivity (Wildman–Crippen MR) is 173 cm³/mol. The van der Waals surface area contributed by atoms with Gasteiger partial charge in [0, 0.05) is 22.3 Å². The molecular formula is C38H33NO8. The van der Waals surface area contributed by atoms with Crippen molar-refractivity contribution < 1.29 is 38.2 Å². The van der Waals surface area contributed by atoms with Crippen LogP contribution in [0.15, 0.2) is 93.5 Å². The van der Waals surface area contributed by atoms with Gasteiger partial charge in [-0.1, -0.05) is 35.9 Å². The molecule has 9 nitrogen and oxygen atoms in total. The van der Waals surface area contributed by atoms with Crippen molar-refractivity contribution in [3.63, 3.8) is 0 Å². The fourth-order valence-electron chi connectivity index (χ4n) is 7.49. The first-order chi connectivity index (χ1) is 22.7. The molecular weight excluding hydrogens is 598 g/mol. The number of hydrogen-bond acceptors (Lipinski definition) is 8. The van der Waals surface area contributed by atoms with Gasteiger partial charge in [-0.25, -0.2) is 0 Å². The molecule has 1 aliphatic heterocycles. The van der Waals surface area contributed by atoms with Gasteiger partial charge in [-0.15, -0.1) is 0 Å². The maximum absolute atomic E-state index is 14.2. The van der Waals surface area contributed by atoms with Crippen LogP contribution in [0.25, 0.3) is 12.2 Å². The number of nitrogens with zero attached hydrogens (tertiary/aromatic N) is 1. The molecule has 0 saturated carbocycles. The van der Waals surface area contributed by atoms with Gasteiger partial charge in [0.05, 0.1) is 37.7 Å². The Hall–Kier alpha value is -5.28. The number of Topliss-reactive ketones (excluding diaryl/α,β-unsaturated/α-hetero) is 1. The molecule has 0 spiro atoms. The highest BCUT2D eigenvalue weighted by Gasteiger charge is 2.57. The van der Waals surface area contributed by atoms with Crippen LogP contribution >= 0.6 is 0 Å². The number of carbonyl (C=O) groups is 4. The Balaban J connectivity index is 1.19. The van der Waals surface area contributed by atoms with Crippen molar-refractivity contribution in [1.29, 1.82) is 0 Å². The average molecular weight is 632 g/mol. The molecule has 0 bridgehead atoms. The lowest BCUT2D eigenvalue weighted by Gasteiger charge is -2.41. The van der Waals surface area contributed by atoms with Crippen molar-refractivity contribution in [2.24, 2.45) is 17.8 Å². The Labute approximate surface area is 271 Å². The summed E-state index contributed by atoms with van der Waals surface area (Å²) in [5, 5.41) is 9.66. The van der Waals surface area contributed by atoms with Gasteiger partial charge >= 0.3 is 0 Å². The first kappa shape index (κ1) is 30.4. The highest BCUT2D eigenvalue weighted by molar-refractivity contribution is 6.25. The van der Waals surface area contributed by atoms with Crippen molar-refractivity contribution in [3.05, 3.63) is 112 Å². The minimum absolute atomic E-state index is 0.187. The molecule has 1 N–H and O–H groups in total. The number of amides is 2. The van der Waals surface area contributed by atoms with Crippen LogP contribution in [0.5, 0.6) is 11.5 Å². The summed E-state index contributed by atoms with van der Waals surface area (Å²) in [5.41, 5.74) is 4.03. The maximum Gasteiger partial charge on any atom is 0.238 e. The number of imide groups is 1. The van der Waals surface area contributed by atoms with E-state index in [9.17, 15) is 24.3 Å². The third-order valence-corrected chi connectivity index (χ3v) is 9.73. The van der Waals surface area contributed by atoms with E-state index in [1.54, 1.807) is 45.4 Å². The minimum Gasteiger partial charge on any atom is -0.497 e. The lowest BCUT2D eigenvalue weighted by atomic mass is 9.60. The summed E-state index contributed by atoms with van der Waals surface area (Å²) in [6, 6.07) is 16.1. The van der Waals surface area contributed by atoms with Crippen LogP contribution in [0.4, 0.5) is 5.69 Å². The van der Waals surface area contributed by atoms with E-state index in [4.69, 9.17) is 13.9 Å². The number of allylic oxidation sites excluding steroid dienone is 6. The van der Waals surface area contributed by atoms with Gasteiger partial charge in [0.25, 0.3) is 0 Å². The number of benzene rings is 2. The second kappa shape index (κ2) is 11.8. The highest BCUT2D eigenvalue weighted by Crippen LogP contribution is 2.55. The Kier molecular flexibility index (Phi) is 7.64. The molecule has 0 radical (unpaired) electrons. The summed E-state index contributed by atoms with van der Waals surface area (Å²) in [7, 11) is 3.21. The molecule has 4 unspecified atom stereocenters. The number of anilines is 1. The number of fused-ring (bicyclic) bond motifs is 3. The maximum atomic E-state index is 14.2. The topological polar surface area (TPSA) is 123 Å². The summed E-state index contributed by atoms with van der Waals surface area (Å²) in [4.78, 5) is 56.1. The van der Waals surface area contributed by atoms with Crippen LogP contribution < -0.4 is 14.4 Å². The molecule has 3 aliphatic carbocycles. The van der Waals surface area contributed by atoms with E-state index in [0.717, 1.165) is 16.7 Å². The van der Waals surface area contributed by atoms with Crippen molar-refractivity contribution >= 4 is 41.2 Å².